The first-order chi connectivity index (χ1) is 12.2. The fraction of sp³-hybridized carbons (Fsp3) is 0.350. The summed E-state index contributed by atoms with van der Waals surface area (Å²) in [6.45, 7) is 3.25. The van der Waals surface area contributed by atoms with E-state index in [4.69, 9.17) is 14.9 Å². The minimum atomic E-state index is -0.300. The number of carbonyl (C=O) groups is 1. The smallest absolute Gasteiger partial charge is 0.338 e. The van der Waals surface area contributed by atoms with Gasteiger partial charge < -0.3 is 19.8 Å². The molecule has 5 heteroatoms. The van der Waals surface area contributed by atoms with Crippen molar-refractivity contribution in [3.8, 4) is 0 Å². The van der Waals surface area contributed by atoms with Gasteiger partial charge in [0.2, 0.25) is 0 Å². The highest BCUT2D eigenvalue weighted by molar-refractivity contribution is 5.89. The second kappa shape index (κ2) is 9.81. The molecule has 134 valence electrons. The van der Waals surface area contributed by atoms with Gasteiger partial charge in [-0.15, -0.1) is 0 Å². The highest BCUT2D eigenvalue weighted by Crippen LogP contribution is 2.17. The molecule has 0 aliphatic heterocycles. The summed E-state index contributed by atoms with van der Waals surface area (Å²) in [6, 6.07) is 15.5. The predicted molar refractivity (Wildman–Crippen MR) is 98.0 cm³/mol. The van der Waals surface area contributed by atoms with Crippen molar-refractivity contribution in [1.82, 2.24) is 0 Å². The fourth-order valence-corrected chi connectivity index (χ4v) is 2.64. The van der Waals surface area contributed by atoms with E-state index in [9.17, 15) is 4.79 Å². The third-order valence-corrected chi connectivity index (χ3v) is 3.91. The van der Waals surface area contributed by atoms with Crippen molar-refractivity contribution in [2.24, 2.45) is 0 Å². The number of esters is 1. The molecule has 0 aliphatic carbocycles. The second-order valence-electron chi connectivity index (χ2n) is 5.69. The van der Waals surface area contributed by atoms with Gasteiger partial charge in [0.25, 0.3) is 0 Å². The molecule has 0 saturated carbocycles. The molecule has 0 radical (unpaired) electrons. The van der Waals surface area contributed by atoms with Crippen molar-refractivity contribution in [1.29, 1.82) is 0 Å². The topological polar surface area (TPSA) is 70.0 Å². The van der Waals surface area contributed by atoms with Crippen LogP contribution in [-0.2, 0) is 11.2 Å². The number of hydrogen-bond acceptors (Lipinski definition) is 5. The maximum absolute atomic E-state index is 11.7. The van der Waals surface area contributed by atoms with Crippen LogP contribution in [-0.4, -0.2) is 49.1 Å². The van der Waals surface area contributed by atoms with Gasteiger partial charge in [-0.2, -0.15) is 0 Å². The first-order valence-corrected chi connectivity index (χ1v) is 8.49. The number of benzene rings is 2. The van der Waals surface area contributed by atoms with Crippen LogP contribution in [0.2, 0.25) is 0 Å². The molecule has 0 atom stereocenters. The summed E-state index contributed by atoms with van der Waals surface area (Å²) in [7, 11) is 0. The first-order valence-electron chi connectivity index (χ1n) is 8.49. The lowest BCUT2D eigenvalue weighted by Crippen LogP contribution is -2.29. The zero-order chi connectivity index (χ0) is 18.1. The van der Waals surface area contributed by atoms with Gasteiger partial charge in [-0.3, -0.25) is 0 Å². The standard InChI is InChI=1S/C20H25NO4/c1-2-25-20(24)18-7-3-16(4-8-18)15-17-5-9-19(10-6-17)21(11-13-22)12-14-23/h3-10,22-23H,2,11-15H2,1H3. The molecule has 0 unspecified atom stereocenters. The van der Waals surface area contributed by atoms with Gasteiger partial charge in [0.15, 0.2) is 0 Å². The van der Waals surface area contributed by atoms with Crippen molar-refractivity contribution in [2.75, 3.05) is 37.8 Å². The normalized spacial score (nSPS) is 10.5. The van der Waals surface area contributed by atoms with Crippen LogP contribution in [0.3, 0.4) is 0 Å². The van der Waals surface area contributed by atoms with E-state index in [1.807, 2.05) is 41.3 Å². The summed E-state index contributed by atoms with van der Waals surface area (Å²) in [4.78, 5) is 13.6. The Labute approximate surface area is 148 Å². The molecular formula is C20H25NO4. The lowest BCUT2D eigenvalue weighted by Gasteiger charge is -2.23. The van der Waals surface area contributed by atoms with Crippen molar-refractivity contribution in [3.05, 3.63) is 65.2 Å². The van der Waals surface area contributed by atoms with Gasteiger partial charge in [-0.05, 0) is 48.7 Å². The molecule has 5 nitrogen and oxygen atoms in total. The third-order valence-electron chi connectivity index (χ3n) is 3.91. The molecule has 2 N–H and O–H groups in total. The average molecular weight is 343 g/mol. The van der Waals surface area contributed by atoms with E-state index in [0.717, 1.165) is 23.2 Å². The molecule has 25 heavy (non-hydrogen) atoms. The van der Waals surface area contributed by atoms with Crippen LogP contribution in [0.5, 0.6) is 0 Å². The number of anilines is 1. The van der Waals surface area contributed by atoms with Crippen molar-refractivity contribution in [2.45, 2.75) is 13.3 Å². The second-order valence-corrected chi connectivity index (χ2v) is 5.69. The minimum Gasteiger partial charge on any atom is -0.462 e. The minimum absolute atomic E-state index is 0.0502. The van der Waals surface area contributed by atoms with Gasteiger partial charge in [-0.25, -0.2) is 4.79 Å². The Morgan fingerprint density at radius 3 is 1.92 bits per heavy atom. The SMILES string of the molecule is CCOC(=O)c1ccc(Cc2ccc(N(CCO)CCO)cc2)cc1. The number of carbonyl (C=O) groups excluding carboxylic acids is 1. The predicted octanol–water partition coefficient (Wildman–Crippen LogP) is 2.25. The van der Waals surface area contributed by atoms with Crippen LogP contribution in [0.15, 0.2) is 48.5 Å². The van der Waals surface area contributed by atoms with Crippen LogP contribution >= 0.6 is 0 Å². The van der Waals surface area contributed by atoms with Crippen LogP contribution in [0.25, 0.3) is 0 Å². The van der Waals surface area contributed by atoms with Crippen LogP contribution in [0.1, 0.15) is 28.4 Å². The molecule has 2 aromatic rings. The van der Waals surface area contributed by atoms with Gasteiger partial charge in [0.1, 0.15) is 0 Å². The van der Waals surface area contributed by atoms with E-state index < -0.39 is 0 Å². The van der Waals surface area contributed by atoms with Gasteiger partial charge in [-0.1, -0.05) is 24.3 Å². The summed E-state index contributed by atoms with van der Waals surface area (Å²) < 4.78 is 4.98. The Hall–Kier alpha value is -2.37. The Morgan fingerprint density at radius 2 is 1.44 bits per heavy atom. The number of aliphatic hydroxyl groups excluding tert-OH is 2. The quantitative estimate of drug-likeness (QED) is 0.684. The maximum Gasteiger partial charge on any atom is 0.338 e. The lowest BCUT2D eigenvalue weighted by molar-refractivity contribution is 0.0526. The van der Waals surface area contributed by atoms with E-state index >= 15 is 0 Å². The first kappa shape index (κ1) is 19.0. The molecule has 0 amide bonds. The van der Waals surface area contributed by atoms with Crippen LogP contribution in [0.4, 0.5) is 5.69 Å². The van der Waals surface area contributed by atoms with E-state index in [2.05, 4.69) is 0 Å². The van der Waals surface area contributed by atoms with E-state index in [-0.39, 0.29) is 19.2 Å². The van der Waals surface area contributed by atoms with Gasteiger partial charge in [0.05, 0.1) is 25.4 Å². The van der Waals surface area contributed by atoms with Gasteiger partial charge >= 0.3 is 5.97 Å². The number of rotatable bonds is 9. The highest BCUT2D eigenvalue weighted by Gasteiger charge is 2.07. The Morgan fingerprint density at radius 1 is 0.920 bits per heavy atom. The monoisotopic (exact) mass is 343 g/mol. The summed E-state index contributed by atoms with van der Waals surface area (Å²) in [6.07, 6.45) is 0.767. The summed E-state index contributed by atoms with van der Waals surface area (Å²) in [5, 5.41) is 18.2. The van der Waals surface area contributed by atoms with Crippen LogP contribution < -0.4 is 4.90 Å². The number of aliphatic hydroxyl groups is 2. The fourth-order valence-electron chi connectivity index (χ4n) is 2.64. The number of hydrogen-bond donors (Lipinski definition) is 2. The molecule has 0 aliphatic rings. The highest BCUT2D eigenvalue weighted by atomic mass is 16.5. The number of nitrogens with zero attached hydrogens (tertiary/aromatic N) is 1. The molecule has 2 rings (SSSR count). The summed E-state index contributed by atoms with van der Waals surface area (Å²) in [5.41, 5.74) is 3.80. The lowest BCUT2D eigenvalue weighted by atomic mass is 10.0. The Kier molecular flexibility index (Phi) is 7.44. The molecule has 0 fully saturated rings. The zero-order valence-electron chi connectivity index (χ0n) is 14.5. The molecule has 0 heterocycles. The molecule has 0 bridgehead atoms. The molecule has 0 spiro atoms. The van der Waals surface area contributed by atoms with Crippen molar-refractivity contribution < 1.29 is 19.7 Å². The Balaban J connectivity index is 2.02. The van der Waals surface area contributed by atoms with E-state index in [1.54, 1.807) is 19.1 Å². The zero-order valence-corrected chi connectivity index (χ0v) is 14.5. The molecule has 0 saturated heterocycles. The van der Waals surface area contributed by atoms with Gasteiger partial charge in [0, 0.05) is 18.8 Å². The molecule has 2 aromatic carbocycles. The maximum atomic E-state index is 11.7. The number of ether oxygens (including phenoxy) is 1. The largest absolute Gasteiger partial charge is 0.462 e. The summed E-state index contributed by atoms with van der Waals surface area (Å²) >= 11 is 0. The van der Waals surface area contributed by atoms with Crippen molar-refractivity contribution in [3.63, 3.8) is 0 Å². The Bertz CT molecular complexity index is 646. The van der Waals surface area contributed by atoms with E-state index in [0.29, 0.717) is 25.3 Å². The van der Waals surface area contributed by atoms with E-state index in [1.165, 1.54) is 0 Å². The molecule has 0 aromatic heterocycles. The summed E-state index contributed by atoms with van der Waals surface area (Å²) in [5.74, 6) is -0.300. The van der Waals surface area contributed by atoms with Crippen LogP contribution in [0, 0.1) is 0 Å². The average Bonchev–Trinajstić information content (AvgIpc) is 2.63. The van der Waals surface area contributed by atoms with Crippen molar-refractivity contribution >= 4 is 11.7 Å². The third kappa shape index (κ3) is 5.59. The molecular weight excluding hydrogens is 318 g/mol.